The molecule has 5 heteroatoms. The van der Waals surface area contributed by atoms with Gasteiger partial charge >= 0.3 is 0 Å². The molecular formula is C32H35FN2O2. The van der Waals surface area contributed by atoms with Gasteiger partial charge in [0.2, 0.25) is 5.91 Å². The number of benzene rings is 3. The first kappa shape index (κ1) is 25.2. The molecule has 5 rings (SSSR count). The Bertz CT molecular complexity index is 1220. The van der Waals surface area contributed by atoms with Crippen molar-refractivity contribution in [1.29, 1.82) is 0 Å². The number of piperidine rings is 2. The third-order valence-corrected chi connectivity index (χ3v) is 8.05. The lowest BCUT2D eigenvalue weighted by Crippen LogP contribution is -2.50. The zero-order valence-corrected chi connectivity index (χ0v) is 21.5. The van der Waals surface area contributed by atoms with Crippen molar-refractivity contribution in [2.24, 2.45) is 11.8 Å². The number of amides is 2. The molecule has 2 unspecified atom stereocenters. The van der Waals surface area contributed by atoms with Gasteiger partial charge in [0, 0.05) is 37.7 Å². The van der Waals surface area contributed by atoms with Crippen LogP contribution in [-0.4, -0.2) is 47.8 Å². The van der Waals surface area contributed by atoms with Crippen LogP contribution in [-0.2, 0) is 11.2 Å². The Morgan fingerprint density at radius 1 is 0.865 bits per heavy atom. The van der Waals surface area contributed by atoms with E-state index in [-0.39, 0.29) is 29.5 Å². The van der Waals surface area contributed by atoms with Crippen LogP contribution in [0.25, 0.3) is 0 Å². The lowest BCUT2D eigenvalue weighted by atomic mass is 9.82. The first-order valence-electron chi connectivity index (χ1n) is 13.4. The molecule has 2 aliphatic rings. The van der Waals surface area contributed by atoms with Crippen LogP contribution < -0.4 is 0 Å². The number of rotatable bonds is 5. The minimum atomic E-state index is -0.262. The average molecular weight is 499 g/mol. The first-order valence-corrected chi connectivity index (χ1v) is 13.4. The van der Waals surface area contributed by atoms with Crippen molar-refractivity contribution in [3.8, 4) is 0 Å². The van der Waals surface area contributed by atoms with Gasteiger partial charge in [-0.3, -0.25) is 9.59 Å². The molecule has 2 amide bonds. The van der Waals surface area contributed by atoms with Gasteiger partial charge in [0.05, 0.1) is 5.92 Å². The zero-order valence-electron chi connectivity index (χ0n) is 21.5. The summed E-state index contributed by atoms with van der Waals surface area (Å²) in [6, 6.07) is 25.0. The van der Waals surface area contributed by atoms with Gasteiger partial charge in [0.25, 0.3) is 5.91 Å². The predicted octanol–water partition coefficient (Wildman–Crippen LogP) is 5.86. The Balaban J connectivity index is 1.30. The lowest BCUT2D eigenvalue weighted by Gasteiger charge is -2.41. The number of likely N-dealkylation sites (tertiary alicyclic amines) is 2. The molecule has 0 radical (unpaired) electrons. The second-order valence-electron chi connectivity index (χ2n) is 10.7. The van der Waals surface area contributed by atoms with Crippen LogP contribution in [0.2, 0.25) is 0 Å². The van der Waals surface area contributed by atoms with Crippen LogP contribution in [0.1, 0.15) is 52.2 Å². The van der Waals surface area contributed by atoms with E-state index >= 15 is 0 Å². The molecule has 0 aliphatic carbocycles. The Hall–Kier alpha value is -3.47. The van der Waals surface area contributed by atoms with Crippen LogP contribution in [0.3, 0.4) is 0 Å². The molecule has 0 spiro atoms. The lowest BCUT2D eigenvalue weighted by molar-refractivity contribution is -0.138. The van der Waals surface area contributed by atoms with Gasteiger partial charge < -0.3 is 9.80 Å². The number of halogens is 1. The smallest absolute Gasteiger partial charge is 0.253 e. The third kappa shape index (κ3) is 5.93. The standard InChI is InChI=1S/C32H35FN2O2/c1-23-18-27(12-13-30(23)33)28-20-29(22-35(21-28)31(36)26-10-6-3-7-11-26)32(37)34-16-14-25(15-17-34)19-24-8-4-2-5-9-24/h2-13,18,25,28-29H,14-17,19-22H2,1H3. The van der Waals surface area contributed by atoms with Crippen molar-refractivity contribution >= 4 is 11.8 Å². The van der Waals surface area contributed by atoms with Crippen molar-refractivity contribution in [3.63, 3.8) is 0 Å². The van der Waals surface area contributed by atoms with Crippen molar-refractivity contribution in [1.82, 2.24) is 9.80 Å². The fourth-order valence-electron chi connectivity index (χ4n) is 5.93. The summed E-state index contributed by atoms with van der Waals surface area (Å²) in [7, 11) is 0. The summed E-state index contributed by atoms with van der Waals surface area (Å²) in [6.45, 7) is 4.24. The highest BCUT2D eigenvalue weighted by atomic mass is 19.1. The SMILES string of the molecule is Cc1cc(C2CC(C(=O)N3CCC(Cc4ccccc4)CC3)CN(C(=O)c3ccccc3)C2)ccc1F. The van der Waals surface area contributed by atoms with Gasteiger partial charge in [-0.15, -0.1) is 0 Å². The summed E-state index contributed by atoms with van der Waals surface area (Å²) in [6.07, 6.45) is 3.73. The third-order valence-electron chi connectivity index (χ3n) is 8.05. The second kappa shape index (κ2) is 11.3. The van der Waals surface area contributed by atoms with Gasteiger partial charge in [-0.05, 0) is 73.4 Å². The maximum atomic E-state index is 14.0. The molecule has 0 bridgehead atoms. The topological polar surface area (TPSA) is 40.6 Å². The quantitative estimate of drug-likeness (QED) is 0.442. The normalized spacial score (nSPS) is 20.6. The fourth-order valence-corrected chi connectivity index (χ4v) is 5.93. The van der Waals surface area contributed by atoms with Crippen molar-refractivity contribution in [3.05, 3.63) is 107 Å². The largest absolute Gasteiger partial charge is 0.342 e. The molecule has 2 heterocycles. The van der Waals surface area contributed by atoms with E-state index in [1.165, 1.54) is 11.6 Å². The summed E-state index contributed by atoms with van der Waals surface area (Å²) < 4.78 is 14.0. The summed E-state index contributed by atoms with van der Waals surface area (Å²) in [5.74, 6) is 0.176. The van der Waals surface area contributed by atoms with Crippen molar-refractivity contribution < 1.29 is 14.0 Å². The minimum Gasteiger partial charge on any atom is -0.342 e. The fraction of sp³-hybridized carbons (Fsp3) is 0.375. The van der Waals surface area contributed by atoms with E-state index in [4.69, 9.17) is 0 Å². The van der Waals surface area contributed by atoms with Crippen LogP contribution in [0, 0.1) is 24.6 Å². The maximum absolute atomic E-state index is 14.0. The molecule has 2 atom stereocenters. The highest BCUT2D eigenvalue weighted by Crippen LogP contribution is 2.34. The molecule has 3 aromatic rings. The van der Waals surface area contributed by atoms with Gasteiger partial charge in [-0.2, -0.15) is 0 Å². The maximum Gasteiger partial charge on any atom is 0.253 e. The molecule has 0 aromatic heterocycles. The summed E-state index contributed by atoms with van der Waals surface area (Å²) in [5.41, 5.74) is 3.56. The summed E-state index contributed by atoms with van der Waals surface area (Å²) >= 11 is 0. The molecule has 2 saturated heterocycles. The Morgan fingerprint density at radius 2 is 1.54 bits per heavy atom. The molecule has 2 aliphatic heterocycles. The van der Waals surface area contributed by atoms with Crippen molar-refractivity contribution in [2.45, 2.75) is 38.5 Å². The van der Waals surface area contributed by atoms with E-state index in [2.05, 4.69) is 24.3 Å². The first-order chi connectivity index (χ1) is 18.0. The number of nitrogens with zero attached hydrogens (tertiary/aromatic N) is 2. The number of carbonyl (C=O) groups excluding carboxylic acids is 2. The summed E-state index contributed by atoms with van der Waals surface area (Å²) in [5, 5.41) is 0. The van der Waals surface area contributed by atoms with Gasteiger partial charge in [0.15, 0.2) is 0 Å². The van der Waals surface area contributed by atoms with Crippen LogP contribution in [0.15, 0.2) is 78.9 Å². The van der Waals surface area contributed by atoms with Gasteiger partial charge in [0.1, 0.15) is 5.82 Å². The molecular weight excluding hydrogens is 463 g/mol. The number of hydrogen-bond donors (Lipinski definition) is 0. The highest BCUT2D eigenvalue weighted by molar-refractivity contribution is 5.94. The molecule has 0 N–H and O–H groups in total. The molecule has 3 aromatic carbocycles. The molecule has 2 fully saturated rings. The van der Waals surface area contributed by atoms with Gasteiger partial charge in [-0.1, -0.05) is 60.7 Å². The van der Waals surface area contributed by atoms with Crippen LogP contribution in [0.4, 0.5) is 4.39 Å². The van der Waals surface area contributed by atoms with E-state index < -0.39 is 0 Å². The van der Waals surface area contributed by atoms with E-state index in [1.807, 2.05) is 52.3 Å². The highest BCUT2D eigenvalue weighted by Gasteiger charge is 2.37. The molecule has 37 heavy (non-hydrogen) atoms. The van der Waals surface area contributed by atoms with E-state index in [1.54, 1.807) is 13.0 Å². The monoisotopic (exact) mass is 498 g/mol. The van der Waals surface area contributed by atoms with Crippen LogP contribution >= 0.6 is 0 Å². The second-order valence-corrected chi connectivity index (χ2v) is 10.7. The Morgan fingerprint density at radius 3 is 2.22 bits per heavy atom. The molecule has 192 valence electrons. The zero-order chi connectivity index (χ0) is 25.8. The Labute approximate surface area is 219 Å². The number of aryl methyl sites for hydroxylation is 1. The van der Waals surface area contributed by atoms with E-state index in [0.717, 1.165) is 37.9 Å². The van der Waals surface area contributed by atoms with Gasteiger partial charge in [-0.25, -0.2) is 4.39 Å². The van der Waals surface area contributed by atoms with E-state index in [0.29, 0.717) is 36.6 Å². The predicted molar refractivity (Wildman–Crippen MR) is 144 cm³/mol. The number of hydrogen-bond acceptors (Lipinski definition) is 2. The molecule has 4 nitrogen and oxygen atoms in total. The Kier molecular flexibility index (Phi) is 7.68. The van der Waals surface area contributed by atoms with Crippen LogP contribution in [0.5, 0.6) is 0 Å². The van der Waals surface area contributed by atoms with Crippen molar-refractivity contribution in [2.75, 3.05) is 26.2 Å². The average Bonchev–Trinajstić information content (AvgIpc) is 2.95. The summed E-state index contributed by atoms with van der Waals surface area (Å²) in [4.78, 5) is 31.0. The number of carbonyl (C=O) groups is 2. The molecule has 0 saturated carbocycles. The minimum absolute atomic E-state index is 0.00900. The van der Waals surface area contributed by atoms with E-state index in [9.17, 15) is 14.0 Å².